The van der Waals surface area contributed by atoms with Crippen LogP contribution in [0.1, 0.15) is 16.7 Å². The molecule has 1 aromatic carbocycles. The molecule has 0 bridgehead atoms. The third kappa shape index (κ3) is 2.16. The lowest BCUT2D eigenvalue weighted by atomic mass is 9.94. The number of aryl methyl sites for hydroxylation is 3. The highest BCUT2D eigenvalue weighted by Gasteiger charge is 2.12. The second kappa shape index (κ2) is 4.88. The van der Waals surface area contributed by atoms with Gasteiger partial charge in [-0.25, -0.2) is 9.97 Å². The normalized spacial score (nSPS) is 11.0. The Bertz CT molecular complexity index is 786. The average Bonchev–Trinajstić information content (AvgIpc) is 2.38. The Morgan fingerprint density at radius 2 is 1.70 bits per heavy atom. The van der Waals surface area contributed by atoms with Crippen molar-refractivity contribution in [1.82, 2.24) is 9.97 Å². The maximum absolute atomic E-state index is 6.37. The highest BCUT2D eigenvalue weighted by Crippen LogP contribution is 2.34. The summed E-state index contributed by atoms with van der Waals surface area (Å²) in [6.07, 6.45) is 1.73. The van der Waals surface area contributed by atoms with Crippen molar-refractivity contribution in [3.05, 3.63) is 58.4 Å². The number of pyridine rings is 2. The predicted octanol–water partition coefficient (Wildman–Crippen LogP) is 4.88. The second-order valence-corrected chi connectivity index (χ2v) is 5.51. The van der Waals surface area contributed by atoms with E-state index in [1.807, 2.05) is 12.1 Å². The molecule has 0 fully saturated rings. The largest absolute Gasteiger partial charge is 0.237 e. The second-order valence-electron chi connectivity index (χ2n) is 5.15. The third-order valence-electron chi connectivity index (χ3n) is 3.49. The first-order valence-electron chi connectivity index (χ1n) is 6.56. The van der Waals surface area contributed by atoms with Gasteiger partial charge in [0.05, 0.1) is 0 Å². The fourth-order valence-corrected chi connectivity index (χ4v) is 2.99. The lowest BCUT2D eigenvalue weighted by Crippen LogP contribution is -1.94. The molecule has 100 valence electrons. The zero-order chi connectivity index (χ0) is 14.3. The number of rotatable bonds is 1. The summed E-state index contributed by atoms with van der Waals surface area (Å²) >= 11 is 6.37. The van der Waals surface area contributed by atoms with Crippen molar-refractivity contribution in [2.24, 2.45) is 0 Å². The molecule has 0 N–H and O–H groups in total. The maximum atomic E-state index is 6.37. The fraction of sp³-hybridized carbons (Fsp3) is 0.176. The van der Waals surface area contributed by atoms with E-state index in [9.17, 15) is 0 Å². The van der Waals surface area contributed by atoms with Crippen LogP contribution in [0.3, 0.4) is 0 Å². The van der Waals surface area contributed by atoms with Crippen LogP contribution in [-0.4, -0.2) is 9.97 Å². The molecule has 0 spiro atoms. The van der Waals surface area contributed by atoms with E-state index in [2.05, 4.69) is 48.9 Å². The van der Waals surface area contributed by atoms with E-state index in [0.717, 1.165) is 10.9 Å². The number of nitrogens with zero attached hydrogens (tertiary/aromatic N) is 2. The minimum atomic E-state index is 0.506. The Morgan fingerprint density at radius 3 is 2.40 bits per heavy atom. The first-order chi connectivity index (χ1) is 9.56. The predicted molar refractivity (Wildman–Crippen MR) is 84.2 cm³/mol. The van der Waals surface area contributed by atoms with E-state index >= 15 is 0 Å². The Balaban J connectivity index is 2.32. The van der Waals surface area contributed by atoms with Crippen LogP contribution in [0.5, 0.6) is 0 Å². The van der Waals surface area contributed by atoms with Crippen LogP contribution in [-0.2, 0) is 0 Å². The number of fused-ring (bicyclic) bond motifs is 1. The Labute approximate surface area is 123 Å². The van der Waals surface area contributed by atoms with Crippen LogP contribution in [0.25, 0.3) is 22.2 Å². The Hall–Kier alpha value is -1.93. The molecule has 0 aliphatic carbocycles. The van der Waals surface area contributed by atoms with Crippen molar-refractivity contribution >= 4 is 22.6 Å². The first-order valence-corrected chi connectivity index (χ1v) is 6.93. The molecule has 3 heteroatoms. The van der Waals surface area contributed by atoms with Crippen molar-refractivity contribution in [3.8, 4) is 11.1 Å². The molecule has 0 aliphatic heterocycles. The molecule has 0 atom stereocenters. The molecule has 3 rings (SSSR count). The molecular weight excluding hydrogens is 268 g/mol. The van der Waals surface area contributed by atoms with Gasteiger partial charge in [0.2, 0.25) is 0 Å². The van der Waals surface area contributed by atoms with Gasteiger partial charge < -0.3 is 0 Å². The summed E-state index contributed by atoms with van der Waals surface area (Å²) in [6, 6.07) is 10.3. The van der Waals surface area contributed by atoms with Gasteiger partial charge in [0.15, 0.2) is 5.65 Å². The number of benzene rings is 1. The van der Waals surface area contributed by atoms with Gasteiger partial charge in [0.1, 0.15) is 5.15 Å². The van der Waals surface area contributed by atoms with Gasteiger partial charge in [0, 0.05) is 17.1 Å². The molecule has 20 heavy (non-hydrogen) atoms. The van der Waals surface area contributed by atoms with Gasteiger partial charge in [0.25, 0.3) is 0 Å². The van der Waals surface area contributed by atoms with Crippen LogP contribution in [0.15, 0.2) is 36.5 Å². The molecule has 0 amide bonds. The lowest BCUT2D eigenvalue weighted by molar-refractivity contribution is 1.27. The number of hydrogen-bond acceptors (Lipinski definition) is 2. The zero-order valence-electron chi connectivity index (χ0n) is 11.7. The van der Waals surface area contributed by atoms with E-state index in [4.69, 9.17) is 11.6 Å². The molecule has 0 saturated carbocycles. The number of hydrogen-bond donors (Lipinski definition) is 0. The SMILES string of the molecule is Cc1cc(C)c(-c2cc3cccnc3nc2Cl)c(C)c1. The molecule has 0 saturated heterocycles. The van der Waals surface area contributed by atoms with E-state index in [1.54, 1.807) is 6.20 Å². The molecular formula is C17H15ClN2. The summed E-state index contributed by atoms with van der Waals surface area (Å²) in [4.78, 5) is 8.65. The summed E-state index contributed by atoms with van der Waals surface area (Å²) in [6.45, 7) is 6.33. The van der Waals surface area contributed by atoms with E-state index in [0.29, 0.717) is 10.8 Å². The monoisotopic (exact) mass is 282 g/mol. The van der Waals surface area contributed by atoms with Crippen molar-refractivity contribution in [1.29, 1.82) is 0 Å². The molecule has 2 aromatic heterocycles. The molecule has 0 unspecified atom stereocenters. The molecule has 0 aliphatic rings. The first kappa shape index (κ1) is 13.1. The summed E-state index contributed by atoms with van der Waals surface area (Å²) in [5, 5.41) is 1.51. The van der Waals surface area contributed by atoms with Crippen molar-refractivity contribution < 1.29 is 0 Å². The van der Waals surface area contributed by atoms with Crippen molar-refractivity contribution in [2.45, 2.75) is 20.8 Å². The summed E-state index contributed by atoms with van der Waals surface area (Å²) < 4.78 is 0. The summed E-state index contributed by atoms with van der Waals surface area (Å²) in [5.74, 6) is 0. The quantitative estimate of drug-likeness (QED) is 0.595. The number of halogens is 1. The number of aromatic nitrogens is 2. The Kier molecular flexibility index (Phi) is 3.19. The van der Waals surface area contributed by atoms with Gasteiger partial charge in [-0.2, -0.15) is 0 Å². The van der Waals surface area contributed by atoms with Crippen LogP contribution in [0, 0.1) is 20.8 Å². The fourth-order valence-electron chi connectivity index (χ4n) is 2.76. The highest BCUT2D eigenvalue weighted by molar-refractivity contribution is 6.32. The lowest BCUT2D eigenvalue weighted by Gasteiger charge is -2.13. The standard InChI is InChI=1S/C17H15ClN2/c1-10-7-11(2)15(12(3)8-10)14-9-13-5-4-6-19-17(13)20-16(14)18/h4-9H,1-3H3. The van der Waals surface area contributed by atoms with Crippen molar-refractivity contribution in [3.63, 3.8) is 0 Å². The average molecular weight is 283 g/mol. The smallest absolute Gasteiger partial charge is 0.160 e. The van der Waals surface area contributed by atoms with Gasteiger partial charge in [-0.15, -0.1) is 0 Å². The Morgan fingerprint density at radius 1 is 1.00 bits per heavy atom. The topological polar surface area (TPSA) is 25.8 Å². The van der Waals surface area contributed by atoms with E-state index < -0.39 is 0 Å². The zero-order valence-corrected chi connectivity index (χ0v) is 12.5. The van der Waals surface area contributed by atoms with Gasteiger partial charge in [-0.3, -0.25) is 0 Å². The maximum Gasteiger partial charge on any atom is 0.160 e. The minimum absolute atomic E-state index is 0.506. The summed E-state index contributed by atoms with van der Waals surface area (Å²) in [7, 11) is 0. The molecule has 2 heterocycles. The van der Waals surface area contributed by atoms with Gasteiger partial charge >= 0.3 is 0 Å². The molecule has 3 aromatic rings. The third-order valence-corrected chi connectivity index (χ3v) is 3.78. The van der Waals surface area contributed by atoms with E-state index in [-0.39, 0.29) is 0 Å². The summed E-state index contributed by atoms with van der Waals surface area (Å²) in [5.41, 5.74) is 6.52. The highest BCUT2D eigenvalue weighted by atomic mass is 35.5. The van der Waals surface area contributed by atoms with Gasteiger partial charge in [-0.05, 0) is 55.7 Å². The van der Waals surface area contributed by atoms with Crippen LogP contribution < -0.4 is 0 Å². The van der Waals surface area contributed by atoms with E-state index in [1.165, 1.54) is 22.3 Å². The van der Waals surface area contributed by atoms with Crippen LogP contribution >= 0.6 is 11.6 Å². The van der Waals surface area contributed by atoms with Crippen LogP contribution in [0.2, 0.25) is 5.15 Å². The molecule has 2 nitrogen and oxygen atoms in total. The minimum Gasteiger partial charge on any atom is -0.237 e. The molecule has 0 radical (unpaired) electrons. The van der Waals surface area contributed by atoms with Gasteiger partial charge in [-0.1, -0.05) is 29.3 Å². The van der Waals surface area contributed by atoms with Crippen LogP contribution in [0.4, 0.5) is 0 Å². The van der Waals surface area contributed by atoms with Crippen molar-refractivity contribution in [2.75, 3.05) is 0 Å².